The third kappa shape index (κ3) is 3.96. The zero-order valence-corrected chi connectivity index (χ0v) is 9.78. The van der Waals surface area contributed by atoms with E-state index in [0.29, 0.717) is 4.83 Å². The van der Waals surface area contributed by atoms with Crippen molar-refractivity contribution >= 4 is 47.8 Å². The fraction of sp³-hybridized carbons (Fsp3) is 1.00. The highest BCUT2D eigenvalue weighted by Crippen LogP contribution is 2.21. The van der Waals surface area contributed by atoms with Crippen LogP contribution in [0.15, 0.2) is 0 Å². The summed E-state index contributed by atoms with van der Waals surface area (Å²) in [5, 5.41) is 8.66. The van der Waals surface area contributed by atoms with Crippen molar-refractivity contribution in [2.75, 3.05) is 6.61 Å². The molecule has 1 N–H and O–H groups in total. The Bertz CT molecular complexity index is 76.6. The second kappa shape index (κ2) is 5.10. The van der Waals surface area contributed by atoms with E-state index in [0.717, 1.165) is 0 Å². The number of hydrogen-bond donors (Lipinski definition) is 1. The first-order valence-electron chi connectivity index (χ1n) is 2.62. The first kappa shape index (κ1) is 10.4. The highest BCUT2D eigenvalue weighted by molar-refractivity contribution is 9.13. The lowest BCUT2D eigenvalue weighted by Gasteiger charge is -2.15. The molecule has 1 nitrogen and oxygen atoms in total. The normalized spacial score (nSPS) is 21.0. The minimum Gasteiger partial charge on any atom is -0.395 e. The predicted octanol–water partition coefficient (Wildman–Crippen LogP) is 2.29. The summed E-state index contributed by atoms with van der Waals surface area (Å²) in [5.74, 6) is 0. The van der Waals surface area contributed by atoms with E-state index in [4.69, 9.17) is 5.11 Å². The Morgan fingerprint density at radius 1 is 1.33 bits per heavy atom. The van der Waals surface area contributed by atoms with Gasteiger partial charge in [0, 0.05) is 9.65 Å². The monoisotopic (exact) mass is 322 g/mol. The smallest absolute Gasteiger partial charge is 0.0567 e. The minimum atomic E-state index is 0.131. The van der Waals surface area contributed by atoms with Crippen LogP contribution in [0.3, 0.4) is 0 Å². The van der Waals surface area contributed by atoms with E-state index < -0.39 is 0 Å². The van der Waals surface area contributed by atoms with Crippen LogP contribution in [-0.4, -0.2) is 26.2 Å². The van der Waals surface area contributed by atoms with Crippen LogP contribution in [0.2, 0.25) is 0 Å². The summed E-state index contributed by atoms with van der Waals surface area (Å²) in [5.41, 5.74) is 0. The fourth-order valence-electron chi connectivity index (χ4n) is 0.388. The van der Waals surface area contributed by atoms with Crippen molar-refractivity contribution in [1.82, 2.24) is 0 Å². The second-order valence-electron chi connectivity index (χ2n) is 1.82. The molecule has 56 valence electrons. The van der Waals surface area contributed by atoms with Crippen LogP contribution in [0, 0.1) is 0 Å². The summed E-state index contributed by atoms with van der Waals surface area (Å²) >= 11 is 10.1. The molecule has 0 saturated heterocycles. The molecule has 0 aromatic heterocycles. The Labute approximate surface area is 80.6 Å². The molecule has 0 saturated carbocycles. The molecule has 4 heteroatoms. The Hall–Kier alpha value is 1.40. The van der Waals surface area contributed by atoms with Gasteiger partial charge in [-0.05, 0) is 0 Å². The van der Waals surface area contributed by atoms with E-state index >= 15 is 0 Å². The summed E-state index contributed by atoms with van der Waals surface area (Å²) in [6.45, 7) is 2.19. The molecule has 0 aliphatic heterocycles. The molecule has 0 aromatic carbocycles. The highest BCUT2D eigenvalue weighted by Gasteiger charge is 2.18. The molecule has 0 aliphatic rings. The Balaban J connectivity index is 3.58. The van der Waals surface area contributed by atoms with Gasteiger partial charge in [0.25, 0.3) is 0 Å². The van der Waals surface area contributed by atoms with Gasteiger partial charge in [-0.1, -0.05) is 54.7 Å². The van der Waals surface area contributed by atoms with Crippen molar-refractivity contribution in [3.63, 3.8) is 0 Å². The van der Waals surface area contributed by atoms with Crippen molar-refractivity contribution in [2.45, 2.75) is 21.4 Å². The Morgan fingerprint density at radius 3 is 1.89 bits per heavy atom. The van der Waals surface area contributed by atoms with Gasteiger partial charge in [-0.2, -0.15) is 0 Å². The molecule has 0 amide bonds. The minimum absolute atomic E-state index is 0.131. The Kier molecular flexibility index (Phi) is 5.90. The maximum absolute atomic E-state index is 8.66. The summed E-state index contributed by atoms with van der Waals surface area (Å²) in [7, 11) is 0. The van der Waals surface area contributed by atoms with Crippen LogP contribution in [-0.2, 0) is 0 Å². The number of alkyl halides is 3. The van der Waals surface area contributed by atoms with Gasteiger partial charge < -0.3 is 5.11 Å². The average molecular weight is 325 g/mol. The molecular weight excluding hydrogens is 316 g/mol. The lowest BCUT2D eigenvalue weighted by molar-refractivity contribution is 0.295. The number of aliphatic hydroxyl groups is 1. The summed E-state index contributed by atoms with van der Waals surface area (Å²) in [6, 6.07) is 0. The molecule has 9 heavy (non-hydrogen) atoms. The molecule has 0 radical (unpaired) electrons. The largest absolute Gasteiger partial charge is 0.395 e. The van der Waals surface area contributed by atoms with Gasteiger partial charge in [0.05, 0.1) is 11.4 Å². The van der Waals surface area contributed by atoms with Gasteiger partial charge in [-0.3, -0.25) is 0 Å². The third-order valence-electron chi connectivity index (χ3n) is 0.959. The van der Waals surface area contributed by atoms with Crippen molar-refractivity contribution in [3.05, 3.63) is 0 Å². The lowest BCUT2D eigenvalue weighted by atomic mass is 10.3. The molecule has 0 heterocycles. The van der Waals surface area contributed by atoms with E-state index in [1.54, 1.807) is 0 Å². The second-order valence-corrected chi connectivity index (χ2v) is 5.50. The van der Waals surface area contributed by atoms with Gasteiger partial charge in [-0.25, -0.2) is 0 Å². The zero-order chi connectivity index (χ0) is 7.44. The number of aliphatic hydroxyl groups excluding tert-OH is 1. The standard InChI is InChI=1S/C5H9Br3O/c1-3(6)5(8)4(7)2-9/h3-5,9H,2H2,1H3. The summed E-state index contributed by atoms with van der Waals surface area (Å²) in [6.07, 6.45) is 0. The third-order valence-corrected chi connectivity index (χ3v) is 5.24. The van der Waals surface area contributed by atoms with Crippen molar-refractivity contribution in [1.29, 1.82) is 0 Å². The van der Waals surface area contributed by atoms with Crippen LogP contribution in [0.5, 0.6) is 0 Å². The van der Waals surface area contributed by atoms with Gasteiger partial charge in [0.2, 0.25) is 0 Å². The first-order chi connectivity index (χ1) is 4.09. The Morgan fingerprint density at radius 2 is 1.78 bits per heavy atom. The predicted molar refractivity (Wildman–Crippen MR) is 50.9 cm³/mol. The molecule has 0 aliphatic carbocycles. The molecular formula is C5H9Br3O. The van der Waals surface area contributed by atoms with Crippen LogP contribution in [0.4, 0.5) is 0 Å². The van der Waals surface area contributed by atoms with E-state index in [-0.39, 0.29) is 16.3 Å². The van der Waals surface area contributed by atoms with Gasteiger partial charge in [0.15, 0.2) is 0 Å². The molecule has 0 fully saturated rings. The van der Waals surface area contributed by atoms with Crippen molar-refractivity contribution < 1.29 is 5.11 Å². The van der Waals surface area contributed by atoms with Gasteiger partial charge >= 0.3 is 0 Å². The van der Waals surface area contributed by atoms with Crippen LogP contribution in [0.25, 0.3) is 0 Å². The van der Waals surface area contributed by atoms with Crippen LogP contribution in [0.1, 0.15) is 6.92 Å². The maximum Gasteiger partial charge on any atom is 0.0567 e. The van der Waals surface area contributed by atoms with Gasteiger partial charge in [-0.15, -0.1) is 0 Å². The molecule has 0 rings (SSSR count). The molecule has 0 aromatic rings. The molecule has 3 unspecified atom stereocenters. The van der Waals surface area contributed by atoms with Crippen molar-refractivity contribution in [3.8, 4) is 0 Å². The van der Waals surface area contributed by atoms with E-state index in [1.807, 2.05) is 6.92 Å². The van der Waals surface area contributed by atoms with Crippen LogP contribution < -0.4 is 0 Å². The topological polar surface area (TPSA) is 20.2 Å². The summed E-state index contributed by atoms with van der Waals surface area (Å²) < 4.78 is 0. The van der Waals surface area contributed by atoms with Gasteiger partial charge in [0.1, 0.15) is 0 Å². The van der Waals surface area contributed by atoms with E-state index in [9.17, 15) is 0 Å². The number of halogens is 3. The SMILES string of the molecule is CC(Br)C(Br)C(Br)CO. The van der Waals surface area contributed by atoms with E-state index in [1.165, 1.54) is 0 Å². The fourth-order valence-corrected chi connectivity index (χ4v) is 1.79. The number of hydrogen-bond acceptors (Lipinski definition) is 1. The zero-order valence-electron chi connectivity index (χ0n) is 5.02. The van der Waals surface area contributed by atoms with E-state index in [2.05, 4.69) is 47.8 Å². The molecule has 0 spiro atoms. The molecule has 3 atom stereocenters. The quantitative estimate of drug-likeness (QED) is 0.790. The summed E-state index contributed by atoms with van der Waals surface area (Å²) in [4.78, 5) is 0.781. The van der Waals surface area contributed by atoms with Crippen LogP contribution >= 0.6 is 47.8 Å². The lowest BCUT2D eigenvalue weighted by Crippen LogP contribution is -2.24. The maximum atomic E-state index is 8.66. The van der Waals surface area contributed by atoms with Crippen molar-refractivity contribution in [2.24, 2.45) is 0 Å². The average Bonchev–Trinajstić information content (AvgIpc) is 1.84. The first-order valence-corrected chi connectivity index (χ1v) is 5.37. The molecule has 0 bridgehead atoms. The number of rotatable bonds is 3. The highest BCUT2D eigenvalue weighted by atomic mass is 79.9.